The van der Waals surface area contributed by atoms with Gasteiger partial charge in [0.1, 0.15) is 23.9 Å². The molecule has 6 heteroatoms. The van der Waals surface area contributed by atoms with Crippen molar-refractivity contribution in [1.82, 2.24) is 5.32 Å². The second kappa shape index (κ2) is 9.00. The molecule has 0 radical (unpaired) electrons. The number of halogens is 2. The first-order chi connectivity index (χ1) is 11.1. The van der Waals surface area contributed by atoms with E-state index in [1.54, 1.807) is 0 Å². The van der Waals surface area contributed by atoms with Gasteiger partial charge in [-0.25, -0.2) is 4.39 Å². The number of ether oxygens (including phenoxy) is 2. The van der Waals surface area contributed by atoms with Crippen molar-refractivity contribution in [2.24, 2.45) is 0 Å². The second-order valence-corrected chi connectivity index (χ2v) is 5.09. The molecule has 0 spiro atoms. The van der Waals surface area contributed by atoms with Gasteiger partial charge in [0.05, 0.1) is 24.6 Å². The molecule has 0 saturated heterocycles. The van der Waals surface area contributed by atoms with Crippen LogP contribution in [0.25, 0.3) is 0 Å². The van der Waals surface area contributed by atoms with Gasteiger partial charge in [0.2, 0.25) is 5.91 Å². The fourth-order valence-electron chi connectivity index (χ4n) is 1.81. The number of para-hydroxylation sites is 1. The third-order valence-corrected chi connectivity index (χ3v) is 3.21. The Hall–Kier alpha value is -2.27. The smallest absolute Gasteiger partial charge is 0.223 e. The first-order valence-electron chi connectivity index (χ1n) is 7.17. The number of carbonyl (C=O) groups is 1. The van der Waals surface area contributed by atoms with Crippen LogP contribution in [0.2, 0.25) is 5.02 Å². The molecule has 0 aromatic heterocycles. The molecule has 0 unspecified atom stereocenters. The maximum absolute atomic E-state index is 12.9. The summed E-state index contributed by atoms with van der Waals surface area (Å²) in [6.45, 7) is 0.884. The number of amides is 1. The topological polar surface area (TPSA) is 47.6 Å². The zero-order chi connectivity index (χ0) is 16.5. The van der Waals surface area contributed by atoms with Crippen LogP contribution >= 0.6 is 11.6 Å². The fourth-order valence-corrected chi connectivity index (χ4v) is 2.03. The summed E-state index contributed by atoms with van der Waals surface area (Å²) in [4.78, 5) is 11.6. The Balaban J connectivity index is 1.59. The van der Waals surface area contributed by atoms with Gasteiger partial charge in [0.25, 0.3) is 0 Å². The standard InChI is InChI=1S/C17H17ClFNO3/c18-15-12-13(19)6-7-16(15)23-11-9-20-17(21)8-10-22-14-4-2-1-3-5-14/h1-7,12H,8-11H2,(H,20,21). The molecule has 0 aliphatic carbocycles. The fraction of sp³-hybridized carbons (Fsp3) is 0.235. The van der Waals surface area contributed by atoms with Crippen LogP contribution < -0.4 is 14.8 Å². The number of hydrogen-bond acceptors (Lipinski definition) is 3. The van der Waals surface area contributed by atoms with Crippen molar-refractivity contribution in [3.05, 3.63) is 59.4 Å². The van der Waals surface area contributed by atoms with Gasteiger partial charge < -0.3 is 14.8 Å². The minimum Gasteiger partial charge on any atom is -0.493 e. The van der Waals surface area contributed by atoms with Crippen LogP contribution in [0.3, 0.4) is 0 Å². The molecule has 0 bridgehead atoms. The largest absolute Gasteiger partial charge is 0.493 e. The molecule has 122 valence electrons. The Morgan fingerprint density at radius 2 is 1.87 bits per heavy atom. The second-order valence-electron chi connectivity index (χ2n) is 4.68. The third kappa shape index (κ3) is 6.16. The number of hydrogen-bond donors (Lipinski definition) is 1. The quantitative estimate of drug-likeness (QED) is 0.751. The lowest BCUT2D eigenvalue weighted by Crippen LogP contribution is -2.29. The van der Waals surface area contributed by atoms with Crippen LogP contribution in [0.15, 0.2) is 48.5 Å². The van der Waals surface area contributed by atoms with E-state index in [0.29, 0.717) is 18.9 Å². The molecule has 2 aromatic carbocycles. The number of nitrogens with one attached hydrogen (secondary N) is 1. The SMILES string of the molecule is O=C(CCOc1ccccc1)NCCOc1ccc(F)cc1Cl. The molecule has 2 aromatic rings. The Morgan fingerprint density at radius 3 is 2.61 bits per heavy atom. The molecule has 0 aliphatic heterocycles. The molecule has 0 fully saturated rings. The zero-order valence-corrected chi connectivity index (χ0v) is 13.2. The molecular formula is C17H17ClFNO3. The van der Waals surface area contributed by atoms with E-state index in [-0.39, 0.29) is 24.0 Å². The summed E-state index contributed by atoms with van der Waals surface area (Å²) in [5, 5.41) is 2.91. The van der Waals surface area contributed by atoms with E-state index in [2.05, 4.69) is 5.32 Å². The highest BCUT2D eigenvalue weighted by Crippen LogP contribution is 2.24. The average molecular weight is 338 g/mol. The Bertz CT molecular complexity index is 637. The van der Waals surface area contributed by atoms with E-state index in [0.717, 1.165) is 5.75 Å². The van der Waals surface area contributed by atoms with E-state index in [4.69, 9.17) is 21.1 Å². The van der Waals surface area contributed by atoms with Crippen molar-refractivity contribution in [3.8, 4) is 11.5 Å². The Kier molecular flexibility index (Phi) is 6.69. The monoisotopic (exact) mass is 337 g/mol. The minimum atomic E-state index is -0.422. The Labute approximate surface area is 139 Å². The van der Waals surface area contributed by atoms with Gasteiger partial charge in [-0.1, -0.05) is 29.8 Å². The van der Waals surface area contributed by atoms with Gasteiger partial charge in [0, 0.05) is 0 Å². The summed E-state index contributed by atoms with van der Waals surface area (Å²) in [5.41, 5.74) is 0. The maximum Gasteiger partial charge on any atom is 0.223 e. The van der Waals surface area contributed by atoms with E-state index in [9.17, 15) is 9.18 Å². The first-order valence-corrected chi connectivity index (χ1v) is 7.55. The number of carbonyl (C=O) groups excluding carboxylic acids is 1. The first kappa shape index (κ1) is 17.1. The summed E-state index contributed by atoms with van der Waals surface area (Å²) >= 11 is 5.83. The minimum absolute atomic E-state index is 0.130. The normalized spacial score (nSPS) is 10.2. The van der Waals surface area contributed by atoms with Gasteiger partial charge in [-0.2, -0.15) is 0 Å². The van der Waals surface area contributed by atoms with Gasteiger partial charge in [-0.3, -0.25) is 4.79 Å². The lowest BCUT2D eigenvalue weighted by atomic mass is 10.3. The Morgan fingerprint density at radius 1 is 1.09 bits per heavy atom. The molecular weight excluding hydrogens is 321 g/mol. The van der Waals surface area contributed by atoms with Crippen molar-refractivity contribution in [2.75, 3.05) is 19.8 Å². The molecule has 1 N–H and O–H groups in total. The van der Waals surface area contributed by atoms with E-state index < -0.39 is 5.82 Å². The predicted molar refractivity (Wildman–Crippen MR) is 86.5 cm³/mol. The number of rotatable bonds is 8. The van der Waals surface area contributed by atoms with Crippen LogP contribution in [0.1, 0.15) is 6.42 Å². The maximum atomic E-state index is 12.9. The summed E-state index contributed by atoms with van der Waals surface area (Å²) in [6, 6.07) is 13.2. The van der Waals surface area contributed by atoms with Crippen molar-refractivity contribution in [2.45, 2.75) is 6.42 Å². The molecule has 2 rings (SSSR count). The summed E-state index contributed by atoms with van der Waals surface area (Å²) in [7, 11) is 0. The van der Waals surface area contributed by atoms with Crippen LogP contribution in [0.4, 0.5) is 4.39 Å². The average Bonchev–Trinajstić information content (AvgIpc) is 2.54. The lowest BCUT2D eigenvalue weighted by Gasteiger charge is -2.09. The highest BCUT2D eigenvalue weighted by Gasteiger charge is 2.04. The summed E-state index contributed by atoms with van der Waals surface area (Å²) < 4.78 is 23.7. The highest BCUT2D eigenvalue weighted by atomic mass is 35.5. The van der Waals surface area contributed by atoms with Crippen molar-refractivity contribution < 1.29 is 18.7 Å². The summed E-state index contributed by atoms with van der Waals surface area (Å²) in [6.07, 6.45) is 0.256. The van der Waals surface area contributed by atoms with Gasteiger partial charge >= 0.3 is 0 Å². The third-order valence-electron chi connectivity index (χ3n) is 2.92. The van der Waals surface area contributed by atoms with Crippen LogP contribution in [0.5, 0.6) is 11.5 Å². The predicted octanol–water partition coefficient (Wildman–Crippen LogP) is 3.44. The lowest BCUT2D eigenvalue weighted by molar-refractivity contribution is -0.121. The van der Waals surface area contributed by atoms with Crippen LogP contribution in [-0.2, 0) is 4.79 Å². The van der Waals surface area contributed by atoms with Crippen LogP contribution in [-0.4, -0.2) is 25.7 Å². The molecule has 23 heavy (non-hydrogen) atoms. The van der Waals surface area contributed by atoms with Crippen molar-refractivity contribution in [3.63, 3.8) is 0 Å². The van der Waals surface area contributed by atoms with E-state index in [1.807, 2.05) is 30.3 Å². The molecule has 0 atom stereocenters. The van der Waals surface area contributed by atoms with Gasteiger partial charge in [-0.05, 0) is 30.3 Å². The van der Waals surface area contributed by atoms with Gasteiger partial charge in [-0.15, -0.1) is 0 Å². The molecule has 0 saturated carbocycles. The molecule has 4 nitrogen and oxygen atoms in total. The van der Waals surface area contributed by atoms with Crippen LogP contribution in [0, 0.1) is 5.82 Å². The summed E-state index contributed by atoms with van der Waals surface area (Å²) in [5.74, 6) is 0.563. The van der Waals surface area contributed by atoms with E-state index in [1.165, 1.54) is 18.2 Å². The molecule has 1 amide bonds. The molecule has 0 heterocycles. The molecule has 0 aliphatic rings. The highest BCUT2D eigenvalue weighted by molar-refractivity contribution is 6.32. The number of benzene rings is 2. The van der Waals surface area contributed by atoms with E-state index >= 15 is 0 Å². The van der Waals surface area contributed by atoms with Crippen molar-refractivity contribution in [1.29, 1.82) is 0 Å². The van der Waals surface area contributed by atoms with Crippen molar-refractivity contribution >= 4 is 17.5 Å². The van der Waals surface area contributed by atoms with Gasteiger partial charge in [0.15, 0.2) is 0 Å². The zero-order valence-electron chi connectivity index (χ0n) is 12.4.